The van der Waals surface area contributed by atoms with Crippen molar-refractivity contribution < 1.29 is 9.53 Å². The molecule has 6 nitrogen and oxygen atoms in total. The van der Waals surface area contributed by atoms with Crippen molar-refractivity contribution >= 4 is 58.6 Å². The highest BCUT2D eigenvalue weighted by molar-refractivity contribution is 7.14. The van der Waals surface area contributed by atoms with Crippen LogP contribution in [0.1, 0.15) is 24.6 Å². The second-order valence-corrected chi connectivity index (χ2v) is 6.99. The smallest absolute Gasteiger partial charge is 0.225 e. The molecule has 1 amide bonds. The predicted molar refractivity (Wildman–Crippen MR) is 117 cm³/mol. The Hall–Kier alpha value is -1.54. The fourth-order valence-corrected chi connectivity index (χ4v) is 4.04. The van der Waals surface area contributed by atoms with Crippen LogP contribution in [0.4, 0.5) is 16.5 Å². The SMILES string of the molecule is COCCN(C(C)=O)c1nc(CN2CCCc3c(N)cccc32)cs1.Cl.Cl. The molecule has 3 rings (SSSR count). The van der Waals surface area contributed by atoms with E-state index < -0.39 is 0 Å². The summed E-state index contributed by atoms with van der Waals surface area (Å²) in [5.41, 5.74) is 10.4. The number of aromatic nitrogens is 1. The minimum Gasteiger partial charge on any atom is -0.398 e. The van der Waals surface area contributed by atoms with Gasteiger partial charge >= 0.3 is 0 Å². The summed E-state index contributed by atoms with van der Waals surface area (Å²) in [6, 6.07) is 6.09. The van der Waals surface area contributed by atoms with E-state index in [1.54, 1.807) is 18.9 Å². The van der Waals surface area contributed by atoms with Gasteiger partial charge in [0.1, 0.15) is 0 Å². The Labute approximate surface area is 176 Å². The first-order valence-corrected chi connectivity index (χ1v) is 9.32. The van der Waals surface area contributed by atoms with Crippen molar-refractivity contribution in [2.24, 2.45) is 0 Å². The number of carbonyl (C=O) groups excluding carboxylic acids is 1. The van der Waals surface area contributed by atoms with Gasteiger partial charge in [-0.2, -0.15) is 0 Å². The summed E-state index contributed by atoms with van der Waals surface area (Å²) in [5.74, 6) is -0.0194. The van der Waals surface area contributed by atoms with Crippen LogP contribution in [0.5, 0.6) is 0 Å². The van der Waals surface area contributed by atoms with Gasteiger partial charge in [0.2, 0.25) is 5.91 Å². The second-order valence-electron chi connectivity index (χ2n) is 6.15. The zero-order chi connectivity index (χ0) is 17.8. The van der Waals surface area contributed by atoms with Gasteiger partial charge < -0.3 is 15.4 Å². The average Bonchev–Trinajstić information content (AvgIpc) is 3.04. The molecule has 1 aliphatic rings. The number of thiazole rings is 1. The van der Waals surface area contributed by atoms with Crippen LogP contribution >= 0.6 is 36.2 Å². The lowest BCUT2D eigenvalue weighted by Crippen LogP contribution is -2.32. The molecule has 150 valence electrons. The molecule has 2 N–H and O–H groups in total. The number of hydrogen-bond acceptors (Lipinski definition) is 6. The first-order valence-electron chi connectivity index (χ1n) is 8.44. The molecule has 0 radical (unpaired) electrons. The maximum atomic E-state index is 11.9. The maximum absolute atomic E-state index is 11.9. The van der Waals surface area contributed by atoms with Crippen molar-refractivity contribution in [2.75, 3.05) is 42.3 Å². The Morgan fingerprint density at radius 1 is 1.41 bits per heavy atom. The number of benzene rings is 1. The number of halogens is 2. The molecule has 0 fully saturated rings. The summed E-state index contributed by atoms with van der Waals surface area (Å²) in [5, 5.41) is 2.75. The van der Waals surface area contributed by atoms with E-state index >= 15 is 0 Å². The number of carbonyl (C=O) groups is 1. The molecule has 0 bridgehead atoms. The normalized spacial score (nSPS) is 12.6. The molecule has 9 heteroatoms. The van der Waals surface area contributed by atoms with Gasteiger partial charge in [0.05, 0.1) is 25.4 Å². The molecule has 0 aliphatic carbocycles. The Balaban J connectivity index is 0.00000182. The minimum atomic E-state index is -0.0194. The lowest BCUT2D eigenvalue weighted by molar-refractivity contribution is -0.116. The largest absolute Gasteiger partial charge is 0.398 e. The highest BCUT2D eigenvalue weighted by Crippen LogP contribution is 2.32. The zero-order valence-corrected chi connectivity index (χ0v) is 18.0. The zero-order valence-electron chi connectivity index (χ0n) is 15.5. The average molecular weight is 433 g/mol. The number of amides is 1. The number of nitrogen functional groups attached to an aromatic ring is 1. The fraction of sp³-hybridized carbons (Fsp3) is 0.444. The van der Waals surface area contributed by atoms with E-state index in [2.05, 4.69) is 16.0 Å². The van der Waals surface area contributed by atoms with Crippen LogP contribution < -0.4 is 15.5 Å². The lowest BCUT2D eigenvalue weighted by Gasteiger charge is -2.31. The number of ether oxygens (including phenoxy) is 1. The second kappa shape index (κ2) is 10.7. The minimum absolute atomic E-state index is 0. The number of hydrogen-bond donors (Lipinski definition) is 1. The molecule has 2 aromatic rings. The standard InChI is InChI=1S/C18H24N4O2S.2ClH/c1-13(23)22(9-10-24-2)18-20-14(12-25-18)11-21-8-4-5-15-16(19)6-3-7-17(15)21;;/h3,6-7,12H,4-5,8-11,19H2,1-2H3;2*1H. The van der Waals surface area contributed by atoms with E-state index in [1.807, 2.05) is 17.5 Å². The highest BCUT2D eigenvalue weighted by atomic mass is 35.5. The first kappa shape index (κ1) is 23.5. The van der Waals surface area contributed by atoms with Gasteiger partial charge in [-0.1, -0.05) is 6.07 Å². The lowest BCUT2D eigenvalue weighted by atomic mass is 10.00. The van der Waals surface area contributed by atoms with Crippen LogP contribution in [0.2, 0.25) is 0 Å². The van der Waals surface area contributed by atoms with Gasteiger partial charge in [0, 0.05) is 37.3 Å². The van der Waals surface area contributed by atoms with Gasteiger partial charge in [-0.05, 0) is 30.5 Å². The number of fused-ring (bicyclic) bond motifs is 1. The van der Waals surface area contributed by atoms with E-state index in [-0.39, 0.29) is 30.7 Å². The van der Waals surface area contributed by atoms with Gasteiger partial charge in [-0.15, -0.1) is 36.2 Å². The Kier molecular flexibility index (Phi) is 9.32. The van der Waals surface area contributed by atoms with Crippen LogP contribution in [0.3, 0.4) is 0 Å². The highest BCUT2D eigenvalue weighted by Gasteiger charge is 2.21. The van der Waals surface area contributed by atoms with Crippen molar-refractivity contribution in [2.45, 2.75) is 26.3 Å². The molecule has 0 atom stereocenters. The third-order valence-corrected chi connectivity index (χ3v) is 5.32. The van der Waals surface area contributed by atoms with Crippen LogP contribution in [0.25, 0.3) is 0 Å². The number of nitrogens with zero attached hydrogens (tertiary/aromatic N) is 3. The Morgan fingerprint density at radius 2 is 2.19 bits per heavy atom. The summed E-state index contributed by atoms with van der Waals surface area (Å²) in [6.07, 6.45) is 2.11. The van der Waals surface area contributed by atoms with Crippen LogP contribution in [-0.4, -0.2) is 37.7 Å². The topological polar surface area (TPSA) is 71.7 Å². The Bertz CT molecular complexity index is 757. The third-order valence-electron chi connectivity index (χ3n) is 4.41. The number of anilines is 3. The van der Waals surface area contributed by atoms with E-state index in [0.717, 1.165) is 42.4 Å². The monoisotopic (exact) mass is 432 g/mol. The van der Waals surface area contributed by atoms with Crippen molar-refractivity contribution in [1.29, 1.82) is 0 Å². The van der Waals surface area contributed by atoms with Crippen LogP contribution in [0, 0.1) is 0 Å². The summed E-state index contributed by atoms with van der Waals surface area (Å²) in [4.78, 5) is 20.5. The first-order chi connectivity index (χ1) is 12.1. The van der Waals surface area contributed by atoms with Gasteiger partial charge in [-0.25, -0.2) is 4.98 Å². The molecule has 0 spiro atoms. The molecule has 0 saturated carbocycles. The molecule has 0 unspecified atom stereocenters. The van der Waals surface area contributed by atoms with Crippen molar-refractivity contribution in [3.05, 3.63) is 34.8 Å². The van der Waals surface area contributed by atoms with Crippen molar-refractivity contribution in [1.82, 2.24) is 4.98 Å². The summed E-state index contributed by atoms with van der Waals surface area (Å²) < 4.78 is 5.09. The van der Waals surface area contributed by atoms with Crippen LogP contribution in [-0.2, 0) is 22.5 Å². The quantitative estimate of drug-likeness (QED) is 0.706. The van der Waals surface area contributed by atoms with Crippen LogP contribution in [0.15, 0.2) is 23.6 Å². The molecular weight excluding hydrogens is 407 g/mol. The maximum Gasteiger partial charge on any atom is 0.225 e. The third kappa shape index (κ3) is 5.48. The van der Waals surface area contributed by atoms with E-state index in [4.69, 9.17) is 10.5 Å². The molecule has 27 heavy (non-hydrogen) atoms. The van der Waals surface area contributed by atoms with Crippen molar-refractivity contribution in [3.8, 4) is 0 Å². The summed E-state index contributed by atoms with van der Waals surface area (Å²) in [6.45, 7) is 4.28. The fourth-order valence-electron chi connectivity index (χ4n) is 3.15. The molecular formula is C18H26Cl2N4O2S. The van der Waals surface area contributed by atoms with E-state index in [9.17, 15) is 4.79 Å². The Morgan fingerprint density at radius 3 is 2.89 bits per heavy atom. The number of nitrogens with two attached hydrogens (primary N) is 1. The number of rotatable bonds is 6. The van der Waals surface area contributed by atoms with Gasteiger partial charge in [0.25, 0.3) is 0 Å². The molecule has 1 aliphatic heterocycles. The van der Waals surface area contributed by atoms with E-state index in [1.165, 1.54) is 22.6 Å². The predicted octanol–water partition coefficient (Wildman–Crippen LogP) is 3.52. The van der Waals surface area contributed by atoms with Gasteiger partial charge in [0.15, 0.2) is 5.13 Å². The number of methoxy groups -OCH3 is 1. The summed E-state index contributed by atoms with van der Waals surface area (Å²) >= 11 is 1.50. The molecule has 1 aromatic heterocycles. The molecule has 2 heterocycles. The van der Waals surface area contributed by atoms with Crippen molar-refractivity contribution in [3.63, 3.8) is 0 Å². The van der Waals surface area contributed by atoms with Gasteiger partial charge in [-0.3, -0.25) is 9.69 Å². The molecule has 1 aromatic carbocycles. The molecule has 0 saturated heterocycles. The summed E-state index contributed by atoms with van der Waals surface area (Å²) in [7, 11) is 1.63. The van der Waals surface area contributed by atoms with E-state index in [0.29, 0.717) is 13.2 Å².